The molecule has 4 heteroatoms. The van der Waals surface area contributed by atoms with Gasteiger partial charge in [-0.2, -0.15) is 0 Å². The molecular weight excluding hydrogens is 214 g/mol. The van der Waals surface area contributed by atoms with Gasteiger partial charge in [-0.3, -0.25) is 9.69 Å². The molecule has 1 fully saturated rings. The first kappa shape index (κ1) is 14.5. The maximum Gasteiger partial charge on any atom is 0.231 e. The molecule has 1 aliphatic heterocycles. The molecule has 0 aliphatic carbocycles. The van der Waals surface area contributed by atoms with Gasteiger partial charge in [-0.05, 0) is 25.3 Å². The van der Waals surface area contributed by atoms with Crippen molar-refractivity contribution in [3.8, 4) is 0 Å². The van der Waals surface area contributed by atoms with Crippen LogP contribution >= 0.6 is 0 Å². The molecule has 17 heavy (non-hydrogen) atoms. The van der Waals surface area contributed by atoms with Crippen molar-refractivity contribution in [2.75, 3.05) is 26.2 Å². The highest BCUT2D eigenvalue weighted by atomic mass is 16.1. The Bertz CT molecular complexity index is 221. The van der Waals surface area contributed by atoms with Crippen molar-refractivity contribution in [2.24, 2.45) is 11.7 Å². The number of hydrogen-bond acceptors (Lipinski definition) is 3. The molecular formula is C13H27N3O. The number of primary amides is 1. The Balaban J connectivity index is 2.16. The third kappa shape index (κ3) is 5.50. The summed E-state index contributed by atoms with van der Waals surface area (Å²) in [5, 5.41) is 3.65. The van der Waals surface area contributed by atoms with Crippen LogP contribution in [0.5, 0.6) is 0 Å². The highest BCUT2D eigenvalue weighted by Crippen LogP contribution is 2.12. The molecule has 1 amide bonds. The second kappa shape index (κ2) is 7.67. The van der Waals surface area contributed by atoms with Gasteiger partial charge in [0.05, 0.1) is 6.54 Å². The van der Waals surface area contributed by atoms with Gasteiger partial charge < -0.3 is 11.1 Å². The van der Waals surface area contributed by atoms with Crippen molar-refractivity contribution in [1.82, 2.24) is 10.2 Å². The Hall–Kier alpha value is -0.610. The lowest BCUT2D eigenvalue weighted by Gasteiger charge is -2.32. The molecule has 3 N–H and O–H groups in total. The van der Waals surface area contributed by atoms with Crippen LogP contribution in [-0.2, 0) is 4.79 Å². The summed E-state index contributed by atoms with van der Waals surface area (Å²) in [6.07, 6.45) is 4.77. The van der Waals surface area contributed by atoms with Gasteiger partial charge in [0.15, 0.2) is 0 Å². The predicted molar refractivity (Wildman–Crippen MR) is 70.7 cm³/mol. The monoisotopic (exact) mass is 241 g/mol. The number of piperidine rings is 1. The number of likely N-dealkylation sites (tertiary alicyclic amines) is 1. The molecule has 1 saturated heterocycles. The van der Waals surface area contributed by atoms with Crippen LogP contribution in [0.4, 0.5) is 0 Å². The minimum Gasteiger partial charge on any atom is -0.369 e. The van der Waals surface area contributed by atoms with Gasteiger partial charge in [-0.1, -0.05) is 26.7 Å². The third-order valence-electron chi connectivity index (χ3n) is 3.82. The van der Waals surface area contributed by atoms with E-state index in [0.29, 0.717) is 12.6 Å². The zero-order valence-corrected chi connectivity index (χ0v) is 11.2. The number of rotatable bonds is 7. The topological polar surface area (TPSA) is 58.4 Å². The van der Waals surface area contributed by atoms with Crippen molar-refractivity contribution in [3.05, 3.63) is 0 Å². The Morgan fingerprint density at radius 2 is 1.94 bits per heavy atom. The molecule has 4 nitrogen and oxygen atoms in total. The van der Waals surface area contributed by atoms with Gasteiger partial charge in [-0.15, -0.1) is 0 Å². The lowest BCUT2D eigenvalue weighted by Crippen LogP contribution is -2.46. The highest BCUT2D eigenvalue weighted by molar-refractivity contribution is 5.75. The fourth-order valence-electron chi connectivity index (χ4n) is 2.43. The van der Waals surface area contributed by atoms with Gasteiger partial charge in [0.25, 0.3) is 0 Å². The van der Waals surface area contributed by atoms with Crippen LogP contribution in [0.2, 0.25) is 0 Å². The minimum absolute atomic E-state index is 0.214. The van der Waals surface area contributed by atoms with Crippen molar-refractivity contribution in [3.63, 3.8) is 0 Å². The number of carbonyl (C=O) groups excluding carboxylic acids is 1. The van der Waals surface area contributed by atoms with Gasteiger partial charge in [-0.25, -0.2) is 0 Å². The van der Waals surface area contributed by atoms with Crippen LogP contribution in [0.3, 0.4) is 0 Å². The van der Waals surface area contributed by atoms with Crippen LogP contribution in [0.25, 0.3) is 0 Å². The molecule has 0 aromatic carbocycles. The first-order valence-electron chi connectivity index (χ1n) is 6.89. The summed E-state index contributed by atoms with van der Waals surface area (Å²) < 4.78 is 0. The molecule has 0 saturated carbocycles. The van der Waals surface area contributed by atoms with E-state index in [-0.39, 0.29) is 5.91 Å². The number of amides is 1. The second-order valence-corrected chi connectivity index (χ2v) is 5.11. The Morgan fingerprint density at radius 1 is 1.35 bits per heavy atom. The van der Waals surface area contributed by atoms with E-state index in [1.807, 2.05) is 0 Å². The molecule has 100 valence electrons. The van der Waals surface area contributed by atoms with Crippen LogP contribution in [-0.4, -0.2) is 43.0 Å². The zero-order chi connectivity index (χ0) is 12.7. The predicted octanol–water partition coefficient (Wildman–Crippen LogP) is 0.962. The summed E-state index contributed by atoms with van der Waals surface area (Å²) >= 11 is 0. The average Bonchev–Trinajstić information content (AvgIpc) is 2.32. The van der Waals surface area contributed by atoms with Crippen LogP contribution < -0.4 is 11.1 Å². The highest BCUT2D eigenvalue weighted by Gasteiger charge is 2.20. The smallest absolute Gasteiger partial charge is 0.231 e. The third-order valence-corrected chi connectivity index (χ3v) is 3.82. The molecule has 1 rings (SSSR count). The number of nitrogens with one attached hydrogen (secondary N) is 1. The molecule has 0 aromatic heterocycles. The van der Waals surface area contributed by atoms with E-state index in [9.17, 15) is 4.79 Å². The molecule has 0 bridgehead atoms. The van der Waals surface area contributed by atoms with Gasteiger partial charge in [0.1, 0.15) is 0 Å². The summed E-state index contributed by atoms with van der Waals surface area (Å²) in [6.45, 7) is 8.04. The van der Waals surface area contributed by atoms with Crippen molar-refractivity contribution < 1.29 is 4.79 Å². The quantitative estimate of drug-likeness (QED) is 0.698. The van der Waals surface area contributed by atoms with Crippen LogP contribution in [0.15, 0.2) is 0 Å². The van der Waals surface area contributed by atoms with Crippen molar-refractivity contribution in [1.29, 1.82) is 0 Å². The normalized spacial score (nSPS) is 18.8. The first-order chi connectivity index (χ1) is 8.15. The fraction of sp³-hybridized carbons (Fsp3) is 0.923. The summed E-state index contributed by atoms with van der Waals surface area (Å²) in [5.74, 6) is 0.590. The van der Waals surface area contributed by atoms with Crippen LogP contribution in [0, 0.1) is 5.92 Å². The standard InChI is InChI=1S/C13H27N3O/c1-3-11(4-2)9-15-12-5-7-16(8-6-12)10-13(14)17/h11-12,15H,3-10H2,1-2H3,(H2,14,17). The Kier molecular flexibility index (Phi) is 6.52. The SMILES string of the molecule is CCC(CC)CNC1CCN(CC(N)=O)CC1. The van der Waals surface area contributed by atoms with Crippen molar-refractivity contribution in [2.45, 2.75) is 45.6 Å². The second-order valence-electron chi connectivity index (χ2n) is 5.11. The lowest BCUT2D eigenvalue weighted by molar-refractivity contribution is -0.119. The minimum atomic E-state index is -0.214. The van der Waals surface area contributed by atoms with E-state index in [2.05, 4.69) is 24.1 Å². The molecule has 1 heterocycles. The van der Waals surface area contributed by atoms with E-state index < -0.39 is 0 Å². The maximum absolute atomic E-state index is 10.8. The molecule has 0 unspecified atom stereocenters. The molecule has 1 aliphatic rings. The van der Waals surface area contributed by atoms with Gasteiger partial charge >= 0.3 is 0 Å². The molecule has 0 aromatic rings. The maximum atomic E-state index is 10.8. The summed E-state index contributed by atoms with van der Waals surface area (Å²) in [6, 6.07) is 0.625. The van der Waals surface area contributed by atoms with E-state index in [1.165, 1.54) is 12.8 Å². The molecule has 0 radical (unpaired) electrons. The number of nitrogens with two attached hydrogens (primary N) is 1. The van der Waals surface area contributed by atoms with E-state index in [0.717, 1.165) is 38.4 Å². The zero-order valence-electron chi connectivity index (χ0n) is 11.2. The van der Waals surface area contributed by atoms with E-state index in [4.69, 9.17) is 5.73 Å². The van der Waals surface area contributed by atoms with Gasteiger partial charge in [0, 0.05) is 19.1 Å². The largest absolute Gasteiger partial charge is 0.369 e. The lowest BCUT2D eigenvalue weighted by atomic mass is 10.0. The first-order valence-corrected chi connectivity index (χ1v) is 6.89. The summed E-state index contributed by atoms with van der Waals surface area (Å²) in [4.78, 5) is 13.0. The van der Waals surface area contributed by atoms with E-state index in [1.54, 1.807) is 0 Å². The molecule has 0 atom stereocenters. The number of carbonyl (C=O) groups is 1. The fourth-order valence-corrected chi connectivity index (χ4v) is 2.43. The van der Waals surface area contributed by atoms with Gasteiger partial charge in [0.2, 0.25) is 5.91 Å². The number of nitrogens with zero attached hydrogens (tertiary/aromatic N) is 1. The summed E-state index contributed by atoms with van der Waals surface area (Å²) in [5.41, 5.74) is 5.20. The molecule has 0 spiro atoms. The van der Waals surface area contributed by atoms with Crippen molar-refractivity contribution >= 4 is 5.91 Å². The number of hydrogen-bond donors (Lipinski definition) is 2. The van der Waals surface area contributed by atoms with E-state index >= 15 is 0 Å². The van der Waals surface area contributed by atoms with Crippen LogP contribution in [0.1, 0.15) is 39.5 Å². The Labute approximate surface area is 105 Å². The average molecular weight is 241 g/mol. The Morgan fingerprint density at radius 3 is 2.41 bits per heavy atom. The summed E-state index contributed by atoms with van der Waals surface area (Å²) in [7, 11) is 0.